The number of alkyl carbamates (subject to hydrolysis) is 1. The zero-order valence-corrected chi connectivity index (χ0v) is 17.1. The van der Waals surface area contributed by atoms with Gasteiger partial charge in [-0.1, -0.05) is 6.07 Å². The molecule has 1 heterocycles. The van der Waals surface area contributed by atoms with Crippen molar-refractivity contribution in [1.82, 2.24) is 15.4 Å². The number of benzene rings is 1. The summed E-state index contributed by atoms with van der Waals surface area (Å²) in [6, 6.07) is 9.54. The molecule has 10 heteroatoms. The summed E-state index contributed by atoms with van der Waals surface area (Å²) >= 11 is 1.58. The molecule has 0 aliphatic carbocycles. The zero-order chi connectivity index (χ0) is 20.4. The Morgan fingerprint density at radius 3 is 2.39 bits per heavy atom. The van der Waals surface area contributed by atoms with Gasteiger partial charge in [0.2, 0.25) is 10.0 Å². The Kier molecular flexibility index (Phi) is 8.42. The number of sulfonamides is 1. The van der Waals surface area contributed by atoms with Gasteiger partial charge in [0.05, 0.1) is 11.5 Å². The molecule has 0 bridgehead atoms. The molecule has 0 aliphatic heterocycles. The molecule has 1 aromatic heterocycles. The number of hydrogen-bond acceptors (Lipinski definition) is 6. The van der Waals surface area contributed by atoms with Crippen molar-refractivity contribution in [3.8, 4) is 0 Å². The van der Waals surface area contributed by atoms with E-state index in [1.165, 1.54) is 24.3 Å². The highest BCUT2D eigenvalue weighted by Gasteiger charge is 2.14. The predicted molar refractivity (Wildman–Crippen MR) is 107 cm³/mol. The summed E-state index contributed by atoms with van der Waals surface area (Å²) in [5, 5.41) is 7.06. The van der Waals surface area contributed by atoms with E-state index in [1.54, 1.807) is 18.3 Å². The second-order valence-corrected chi connectivity index (χ2v) is 8.45. The smallest absolute Gasteiger partial charge is 0.407 e. The van der Waals surface area contributed by atoms with Crippen molar-refractivity contribution in [2.75, 3.05) is 26.2 Å². The van der Waals surface area contributed by atoms with Crippen LogP contribution in [0, 0.1) is 0 Å². The van der Waals surface area contributed by atoms with E-state index in [-0.39, 0.29) is 30.5 Å². The van der Waals surface area contributed by atoms with Crippen molar-refractivity contribution in [3.05, 3.63) is 52.2 Å². The summed E-state index contributed by atoms with van der Waals surface area (Å²) in [7, 11) is -3.63. The summed E-state index contributed by atoms with van der Waals surface area (Å²) in [6.07, 6.45) is 0.0786. The van der Waals surface area contributed by atoms with Gasteiger partial charge in [0, 0.05) is 30.1 Å². The van der Waals surface area contributed by atoms with Crippen LogP contribution in [0.1, 0.15) is 22.2 Å². The highest BCUT2D eigenvalue weighted by atomic mass is 32.2. The molecule has 0 atom stereocenters. The van der Waals surface area contributed by atoms with E-state index in [4.69, 9.17) is 4.74 Å². The van der Waals surface area contributed by atoms with E-state index in [1.807, 2.05) is 17.5 Å². The van der Waals surface area contributed by atoms with Crippen LogP contribution in [0.5, 0.6) is 0 Å². The SMILES string of the molecule is CCOC(=O)NCCNC(=O)c1ccc(S(=O)(=O)NCCc2cccs2)cc1. The van der Waals surface area contributed by atoms with Crippen molar-refractivity contribution >= 4 is 33.4 Å². The number of hydrogen-bond donors (Lipinski definition) is 3. The maximum absolute atomic E-state index is 12.3. The molecule has 0 spiro atoms. The van der Waals surface area contributed by atoms with E-state index in [2.05, 4.69) is 15.4 Å². The molecule has 28 heavy (non-hydrogen) atoms. The molecular formula is C18H23N3O5S2. The van der Waals surface area contributed by atoms with Gasteiger partial charge in [0.15, 0.2) is 0 Å². The largest absolute Gasteiger partial charge is 0.450 e. The number of thiophene rings is 1. The van der Waals surface area contributed by atoms with Gasteiger partial charge in [-0.25, -0.2) is 17.9 Å². The first kappa shape index (κ1) is 21.9. The van der Waals surface area contributed by atoms with Crippen LogP contribution < -0.4 is 15.4 Å². The van der Waals surface area contributed by atoms with Crippen LogP contribution >= 0.6 is 11.3 Å². The van der Waals surface area contributed by atoms with Crippen LogP contribution in [0.2, 0.25) is 0 Å². The Morgan fingerprint density at radius 2 is 1.75 bits per heavy atom. The van der Waals surface area contributed by atoms with E-state index >= 15 is 0 Å². The maximum Gasteiger partial charge on any atom is 0.407 e. The molecule has 0 saturated carbocycles. The number of amides is 2. The second kappa shape index (κ2) is 10.8. The molecule has 0 saturated heterocycles. The zero-order valence-electron chi connectivity index (χ0n) is 15.4. The summed E-state index contributed by atoms with van der Waals surface area (Å²) in [4.78, 5) is 24.4. The molecule has 0 unspecified atom stereocenters. The molecule has 0 fully saturated rings. The van der Waals surface area contributed by atoms with Crippen molar-refractivity contribution in [3.63, 3.8) is 0 Å². The van der Waals surface area contributed by atoms with Gasteiger partial charge in [-0.3, -0.25) is 4.79 Å². The maximum atomic E-state index is 12.3. The summed E-state index contributed by atoms with van der Waals surface area (Å²) < 4.78 is 31.9. The van der Waals surface area contributed by atoms with Crippen LogP contribution in [0.3, 0.4) is 0 Å². The van der Waals surface area contributed by atoms with Gasteiger partial charge in [-0.05, 0) is 49.1 Å². The van der Waals surface area contributed by atoms with Crippen LogP contribution in [0.25, 0.3) is 0 Å². The van der Waals surface area contributed by atoms with Crippen LogP contribution in [-0.2, 0) is 21.2 Å². The van der Waals surface area contributed by atoms with E-state index in [0.717, 1.165) is 4.88 Å². The second-order valence-electron chi connectivity index (χ2n) is 5.65. The fourth-order valence-electron chi connectivity index (χ4n) is 2.26. The molecular weight excluding hydrogens is 402 g/mol. The van der Waals surface area contributed by atoms with Crippen LogP contribution in [-0.4, -0.2) is 46.7 Å². The summed E-state index contributed by atoms with van der Waals surface area (Å²) in [6.45, 7) is 2.73. The summed E-state index contributed by atoms with van der Waals surface area (Å²) in [5.74, 6) is -0.361. The van der Waals surface area contributed by atoms with E-state index in [9.17, 15) is 18.0 Å². The molecule has 8 nitrogen and oxygen atoms in total. The Balaban J connectivity index is 1.80. The Labute approximate surface area is 168 Å². The molecule has 1 aromatic carbocycles. The standard InChI is InChI=1S/C18H23N3O5S2/c1-2-26-18(23)20-12-11-19-17(22)14-5-7-16(8-6-14)28(24,25)21-10-9-15-4-3-13-27-15/h3-8,13,21H,2,9-12H2,1H3,(H,19,22)(H,20,23). The van der Waals surface area contributed by atoms with Gasteiger partial charge in [-0.15, -0.1) is 11.3 Å². The van der Waals surface area contributed by atoms with Crippen LogP contribution in [0.15, 0.2) is 46.7 Å². The number of carbonyl (C=O) groups is 2. The molecule has 0 radical (unpaired) electrons. The first-order chi connectivity index (χ1) is 13.4. The third-order valence-corrected chi connectivity index (χ3v) is 6.04. The quantitative estimate of drug-likeness (QED) is 0.502. The average molecular weight is 426 g/mol. The van der Waals surface area contributed by atoms with E-state index in [0.29, 0.717) is 18.5 Å². The Morgan fingerprint density at radius 1 is 1.04 bits per heavy atom. The molecule has 3 N–H and O–H groups in total. The highest BCUT2D eigenvalue weighted by Crippen LogP contribution is 2.12. The van der Waals surface area contributed by atoms with Crippen LogP contribution in [0.4, 0.5) is 4.79 Å². The fraction of sp³-hybridized carbons (Fsp3) is 0.333. The Bertz CT molecular complexity index is 865. The monoisotopic (exact) mass is 425 g/mol. The third kappa shape index (κ3) is 6.95. The molecule has 2 amide bonds. The minimum atomic E-state index is -3.63. The molecule has 2 aromatic rings. The number of ether oxygens (including phenoxy) is 1. The first-order valence-corrected chi connectivity index (χ1v) is 11.1. The van der Waals surface area contributed by atoms with Gasteiger partial charge in [0.1, 0.15) is 0 Å². The normalized spacial score (nSPS) is 11.0. The minimum absolute atomic E-state index is 0.0965. The van der Waals surface area contributed by atoms with Crippen molar-refractivity contribution in [2.45, 2.75) is 18.2 Å². The van der Waals surface area contributed by atoms with Gasteiger partial charge < -0.3 is 15.4 Å². The fourth-order valence-corrected chi connectivity index (χ4v) is 4.00. The molecule has 152 valence electrons. The lowest BCUT2D eigenvalue weighted by molar-refractivity contribution is 0.0952. The topological polar surface area (TPSA) is 114 Å². The van der Waals surface area contributed by atoms with Crippen molar-refractivity contribution < 1.29 is 22.7 Å². The number of rotatable bonds is 10. The molecule has 2 rings (SSSR count). The first-order valence-electron chi connectivity index (χ1n) is 8.73. The number of nitrogens with one attached hydrogen (secondary N) is 3. The van der Waals surface area contributed by atoms with Crippen molar-refractivity contribution in [1.29, 1.82) is 0 Å². The lowest BCUT2D eigenvalue weighted by Crippen LogP contribution is -2.35. The van der Waals surface area contributed by atoms with Gasteiger partial charge in [-0.2, -0.15) is 0 Å². The molecule has 0 aliphatic rings. The Hall–Kier alpha value is -2.43. The lowest BCUT2D eigenvalue weighted by atomic mass is 10.2. The highest BCUT2D eigenvalue weighted by molar-refractivity contribution is 7.89. The lowest BCUT2D eigenvalue weighted by Gasteiger charge is -2.09. The van der Waals surface area contributed by atoms with Gasteiger partial charge in [0.25, 0.3) is 5.91 Å². The number of carbonyl (C=O) groups excluding carboxylic acids is 2. The summed E-state index contributed by atoms with van der Waals surface area (Å²) in [5.41, 5.74) is 0.327. The average Bonchev–Trinajstić information content (AvgIpc) is 3.19. The van der Waals surface area contributed by atoms with Crippen molar-refractivity contribution in [2.24, 2.45) is 0 Å². The minimum Gasteiger partial charge on any atom is -0.450 e. The van der Waals surface area contributed by atoms with E-state index < -0.39 is 16.1 Å². The predicted octanol–water partition coefficient (Wildman–Crippen LogP) is 1.75. The van der Waals surface area contributed by atoms with Gasteiger partial charge >= 0.3 is 6.09 Å². The third-order valence-electron chi connectivity index (χ3n) is 3.63.